The fraction of sp³-hybridized carbons (Fsp3) is 0.250. The number of aromatic carboxylic acids is 1. The lowest BCUT2D eigenvalue weighted by Crippen LogP contribution is -2.09. The topological polar surface area (TPSA) is 68.7 Å². The summed E-state index contributed by atoms with van der Waals surface area (Å²) in [5, 5.41) is 9.07. The maximum atomic E-state index is 11.1. The van der Waals surface area contributed by atoms with Gasteiger partial charge >= 0.3 is 5.97 Å². The number of carbonyl (C=O) groups is 1. The Labute approximate surface area is 123 Å². The molecule has 1 N–H and O–H groups in total. The molecule has 0 saturated carbocycles. The van der Waals surface area contributed by atoms with E-state index in [0.717, 1.165) is 5.75 Å². The molecule has 2 rings (SSSR count). The molecule has 0 radical (unpaired) electrons. The highest BCUT2D eigenvalue weighted by molar-refractivity contribution is 5.88. The predicted octanol–water partition coefficient (Wildman–Crippen LogP) is 2.94. The lowest BCUT2D eigenvalue weighted by Gasteiger charge is -2.10. The van der Waals surface area contributed by atoms with E-state index >= 15 is 0 Å². The molecule has 0 amide bonds. The summed E-state index contributed by atoms with van der Waals surface area (Å²) in [6.45, 7) is 2.62. The molecule has 1 aromatic carbocycles. The first kappa shape index (κ1) is 14.8. The highest BCUT2D eigenvalue weighted by Crippen LogP contribution is 2.17. The smallest absolute Gasteiger partial charge is 0.358 e. The standard InChI is InChI=1S/C16H17NO4/c1-12-8-9-14(15(17-12)16(18)19)21-11-5-10-20-13-6-3-2-4-7-13/h2-4,6-9H,5,10-11H2,1H3,(H,18,19). The second-order valence-electron chi connectivity index (χ2n) is 4.47. The molecule has 1 aromatic heterocycles. The molecule has 0 aliphatic carbocycles. The van der Waals surface area contributed by atoms with Crippen molar-refractivity contribution in [1.29, 1.82) is 0 Å². The third kappa shape index (κ3) is 4.49. The summed E-state index contributed by atoms with van der Waals surface area (Å²) in [5.74, 6) is 0.00257. The van der Waals surface area contributed by atoms with E-state index in [-0.39, 0.29) is 11.4 Å². The Morgan fingerprint density at radius 3 is 2.52 bits per heavy atom. The predicted molar refractivity (Wildman–Crippen MR) is 78.0 cm³/mol. The van der Waals surface area contributed by atoms with Crippen LogP contribution >= 0.6 is 0 Å². The number of ether oxygens (including phenoxy) is 2. The molecule has 0 aliphatic rings. The van der Waals surface area contributed by atoms with Gasteiger partial charge in [-0.25, -0.2) is 9.78 Å². The highest BCUT2D eigenvalue weighted by atomic mass is 16.5. The van der Waals surface area contributed by atoms with Crippen LogP contribution in [0.4, 0.5) is 0 Å². The highest BCUT2D eigenvalue weighted by Gasteiger charge is 2.13. The lowest BCUT2D eigenvalue weighted by molar-refractivity contribution is 0.0685. The second kappa shape index (κ2) is 7.28. The van der Waals surface area contributed by atoms with Crippen molar-refractivity contribution in [2.24, 2.45) is 0 Å². The summed E-state index contributed by atoms with van der Waals surface area (Å²) in [6.07, 6.45) is 0.655. The van der Waals surface area contributed by atoms with Gasteiger partial charge in [-0.3, -0.25) is 0 Å². The molecular weight excluding hydrogens is 270 g/mol. The van der Waals surface area contributed by atoms with Crippen LogP contribution in [0.2, 0.25) is 0 Å². The summed E-state index contributed by atoms with van der Waals surface area (Å²) in [5.41, 5.74) is 0.589. The van der Waals surface area contributed by atoms with Crippen LogP contribution in [-0.4, -0.2) is 29.3 Å². The van der Waals surface area contributed by atoms with E-state index in [4.69, 9.17) is 14.6 Å². The van der Waals surface area contributed by atoms with Crippen molar-refractivity contribution < 1.29 is 19.4 Å². The molecule has 2 aromatic rings. The van der Waals surface area contributed by atoms with Crippen LogP contribution in [0.5, 0.6) is 11.5 Å². The average Bonchev–Trinajstić information content (AvgIpc) is 2.49. The molecule has 0 saturated heterocycles. The number of pyridine rings is 1. The van der Waals surface area contributed by atoms with Gasteiger partial charge in [-0.2, -0.15) is 0 Å². The molecule has 1 heterocycles. The Morgan fingerprint density at radius 1 is 1.10 bits per heavy atom. The van der Waals surface area contributed by atoms with E-state index in [0.29, 0.717) is 25.3 Å². The van der Waals surface area contributed by atoms with Crippen LogP contribution in [0.1, 0.15) is 22.6 Å². The minimum Gasteiger partial charge on any atom is -0.493 e. The van der Waals surface area contributed by atoms with Crippen molar-refractivity contribution in [1.82, 2.24) is 4.98 Å². The number of hydrogen-bond donors (Lipinski definition) is 1. The van der Waals surface area contributed by atoms with Crippen molar-refractivity contribution in [2.45, 2.75) is 13.3 Å². The zero-order chi connectivity index (χ0) is 15.1. The van der Waals surface area contributed by atoms with Gasteiger partial charge in [0.05, 0.1) is 13.2 Å². The van der Waals surface area contributed by atoms with Gasteiger partial charge in [0.2, 0.25) is 0 Å². The van der Waals surface area contributed by atoms with Gasteiger partial charge < -0.3 is 14.6 Å². The maximum absolute atomic E-state index is 11.1. The lowest BCUT2D eigenvalue weighted by atomic mass is 10.3. The van der Waals surface area contributed by atoms with Crippen molar-refractivity contribution in [3.05, 3.63) is 53.9 Å². The number of aryl methyl sites for hydroxylation is 1. The van der Waals surface area contributed by atoms with Gasteiger partial charge in [-0.15, -0.1) is 0 Å². The van der Waals surface area contributed by atoms with Crippen LogP contribution in [0, 0.1) is 6.92 Å². The Balaban J connectivity index is 1.80. The number of aromatic nitrogens is 1. The Bertz CT molecular complexity index is 598. The van der Waals surface area contributed by atoms with Crippen molar-refractivity contribution in [3.63, 3.8) is 0 Å². The maximum Gasteiger partial charge on any atom is 0.358 e. The van der Waals surface area contributed by atoms with Gasteiger partial charge in [0.1, 0.15) is 5.75 Å². The normalized spacial score (nSPS) is 10.1. The van der Waals surface area contributed by atoms with Crippen LogP contribution in [-0.2, 0) is 0 Å². The zero-order valence-corrected chi connectivity index (χ0v) is 11.8. The van der Waals surface area contributed by atoms with Crippen LogP contribution in [0.15, 0.2) is 42.5 Å². The number of nitrogens with zero attached hydrogens (tertiary/aromatic N) is 1. The Kier molecular flexibility index (Phi) is 5.15. The quantitative estimate of drug-likeness (QED) is 0.793. The third-order valence-corrected chi connectivity index (χ3v) is 2.76. The average molecular weight is 287 g/mol. The van der Waals surface area contributed by atoms with E-state index in [1.54, 1.807) is 19.1 Å². The number of hydrogen-bond acceptors (Lipinski definition) is 4. The molecule has 0 atom stereocenters. The number of carboxylic acid groups (broad SMARTS) is 1. The third-order valence-electron chi connectivity index (χ3n) is 2.76. The van der Waals surface area contributed by atoms with Crippen LogP contribution < -0.4 is 9.47 Å². The Morgan fingerprint density at radius 2 is 1.81 bits per heavy atom. The first-order valence-corrected chi connectivity index (χ1v) is 6.68. The molecule has 21 heavy (non-hydrogen) atoms. The largest absolute Gasteiger partial charge is 0.493 e. The van der Waals surface area contributed by atoms with E-state index in [1.807, 2.05) is 30.3 Å². The van der Waals surface area contributed by atoms with Gasteiger partial charge in [0.15, 0.2) is 11.4 Å². The van der Waals surface area contributed by atoms with E-state index in [2.05, 4.69) is 4.98 Å². The first-order chi connectivity index (χ1) is 10.2. The van der Waals surface area contributed by atoms with Crippen LogP contribution in [0.25, 0.3) is 0 Å². The van der Waals surface area contributed by atoms with E-state index in [9.17, 15) is 4.79 Å². The first-order valence-electron chi connectivity index (χ1n) is 6.68. The minimum absolute atomic E-state index is 0.0565. The summed E-state index contributed by atoms with van der Waals surface area (Å²) in [4.78, 5) is 15.0. The molecule has 0 unspecified atom stereocenters. The summed E-state index contributed by atoms with van der Waals surface area (Å²) >= 11 is 0. The second-order valence-corrected chi connectivity index (χ2v) is 4.47. The van der Waals surface area contributed by atoms with E-state index < -0.39 is 5.97 Å². The molecule has 5 nitrogen and oxygen atoms in total. The molecular formula is C16H17NO4. The number of carboxylic acids is 1. The van der Waals surface area contributed by atoms with Gasteiger partial charge in [0, 0.05) is 12.1 Å². The summed E-state index contributed by atoms with van der Waals surface area (Å²) < 4.78 is 11.0. The minimum atomic E-state index is -1.09. The van der Waals surface area contributed by atoms with Gasteiger partial charge in [-0.1, -0.05) is 18.2 Å². The summed E-state index contributed by atoms with van der Waals surface area (Å²) in [6, 6.07) is 12.9. The molecule has 0 fully saturated rings. The number of rotatable bonds is 7. The Hall–Kier alpha value is -2.56. The summed E-state index contributed by atoms with van der Waals surface area (Å²) in [7, 11) is 0. The fourth-order valence-electron chi connectivity index (χ4n) is 1.76. The molecule has 0 spiro atoms. The van der Waals surface area contributed by atoms with Crippen molar-refractivity contribution in [3.8, 4) is 11.5 Å². The molecule has 0 bridgehead atoms. The van der Waals surface area contributed by atoms with Crippen LogP contribution in [0.3, 0.4) is 0 Å². The fourth-order valence-corrected chi connectivity index (χ4v) is 1.76. The van der Waals surface area contributed by atoms with Gasteiger partial charge in [0.25, 0.3) is 0 Å². The molecule has 110 valence electrons. The van der Waals surface area contributed by atoms with Crippen molar-refractivity contribution in [2.75, 3.05) is 13.2 Å². The SMILES string of the molecule is Cc1ccc(OCCCOc2ccccc2)c(C(=O)O)n1. The molecule has 5 heteroatoms. The van der Waals surface area contributed by atoms with E-state index in [1.165, 1.54) is 0 Å². The zero-order valence-electron chi connectivity index (χ0n) is 11.8. The molecule has 0 aliphatic heterocycles. The van der Waals surface area contributed by atoms with Gasteiger partial charge in [-0.05, 0) is 31.2 Å². The van der Waals surface area contributed by atoms with Crippen molar-refractivity contribution >= 4 is 5.97 Å². The number of benzene rings is 1. The monoisotopic (exact) mass is 287 g/mol. The number of para-hydroxylation sites is 1.